The fourth-order valence-corrected chi connectivity index (χ4v) is 2.90. The summed E-state index contributed by atoms with van der Waals surface area (Å²) in [4.78, 5) is 9.29. The standard InChI is InChI=1S/C15H20ClN3/c1-10-7-13-15(17-8-10)19(14(18-13)5-6-16)9-11(2)12-3-4-12/h7-8,11-12H,3-6,9H2,1-2H3. The zero-order chi connectivity index (χ0) is 13.4. The van der Waals surface area contributed by atoms with Crippen LogP contribution in [0.1, 0.15) is 31.2 Å². The van der Waals surface area contributed by atoms with Gasteiger partial charge in [0.1, 0.15) is 11.3 Å². The predicted molar refractivity (Wildman–Crippen MR) is 78.6 cm³/mol. The molecule has 4 heteroatoms. The minimum atomic E-state index is 0.611. The summed E-state index contributed by atoms with van der Waals surface area (Å²) in [6, 6.07) is 2.11. The molecular formula is C15H20ClN3. The van der Waals surface area contributed by atoms with E-state index in [1.54, 1.807) is 0 Å². The van der Waals surface area contributed by atoms with E-state index in [-0.39, 0.29) is 0 Å². The van der Waals surface area contributed by atoms with Crippen LogP contribution in [-0.4, -0.2) is 20.4 Å². The maximum atomic E-state index is 5.90. The van der Waals surface area contributed by atoms with Crippen molar-refractivity contribution in [1.82, 2.24) is 14.5 Å². The highest BCUT2D eigenvalue weighted by Gasteiger charge is 2.29. The monoisotopic (exact) mass is 277 g/mol. The number of halogens is 1. The molecule has 1 saturated carbocycles. The third-order valence-corrected chi connectivity index (χ3v) is 4.21. The van der Waals surface area contributed by atoms with Crippen molar-refractivity contribution in [2.45, 2.75) is 39.7 Å². The number of imidazole rings is 1. The van der Waals surface area contributed by atoms with Gasteiger partial charge in [0.2, 0.25) is 0 Å². The molecule has 0 saturated heterocycles. The molecule has 0 radical (unpaired) electrons. The minimum absolute atomic E-state index is 0.611. The van der Waals surface area contributed by atoms with Gasteiger partial charge in [-0.2, -0.15) is 0 Å². The van der Waals surface area contributed by atoms with Crippen LogP contribution in [0, 0.1) is 18.8 Å². The lowest BCUT2D eigenvalue weighted by Gasteiger charge is -2.13. The lowest BCUT2D eigenvalue weighted by Crippen LogP contribution is -2.13. The number of fused-ring (bicyclic) bond motifs is 1. The first-order valence-electron chi connectivity index (χ1n) is 7.06. The molecule has 3 nitrogen and oxygen atoms in total. The topological polar surface area (TPSA) is 30.7 Å². The molecule has 0 bridgehead atoms. The van der Waals surface area contributed by atoms with E-state index in [4.69, 9.17) is 16.6 Å². The normalized spacial score (nSPS) is 17.0. The summed E-state index contributed by atoms with van der Waals surface area (Å²) in [5.41, 5.74) is 3.17. The number of nitrogens with zero attached hydrogens (tertiary/aromatic N) is 3. The van der Waals surface area contributed by atoms with Gasteiger partial charge in [-0.1, -0.05) is 6.92 Å². The lowest BCUT2D eigenvalue weighted by molar-refractivity contribution is 0.428. The average Bonchev–Trinajstić information content (AvgIpc) is 3.16. The van der Waals surface area contributed by atoms with Crippen LogP contribution in [-0.2, 0) is 13.0 Å². The SMILES string of the molecule is Cc1cnc2c(c1)nc(CCCl)n2CC(C)C1CC1. The fraction of sp³-hybridized carbons (Fsp3) is 0.600. The fourth-order valence-electron chi connectivity index (χ4n) is 2.73. The first-order chi connectivity index (χ1) is 9.19. The number of hydrogen-bond donors (Lipinski definition) is 0. The van der Waals surface area contributed by atoms with Crippen LogP contribution in [0.15, 0.2) is 12.3 Å². The summed E-state index contributed by atoms with van der Waals surface area (Å²) in [7, 11) is 0. The van der Waals surface area contributed by atoms with Gasteiger partial charge in [-0.15, -0.1) is 11.6 Å². The molecule has 0 amide bonds. The lowest BCUT2D eigenvalue weighted by atomic mass is 10.1. The van der Waals surface area contributed by atoms with Crippen LogP contribution in [0.3, 0.4) is 0 Å². The summed E-state index contributed by atoms with van der Waals surface area (Å²) in [5, 5.41) is 0. The van der Waals surface area contributed by atoms with Gasteiger partial charge in [0.15, 0.2) is 5.65 Å². The van der Waals surface area contributed by atoms with Crippen LogP contribution < -0.4 is 0 Å². The Hall–Kier alpha value is -1.09. The maximum absolute atomic E-state index is 5.90. The van der Waals surface area contributed by atoms with Crippen molar-refractivity contribution in [3.05, 3.63) is 23.7 Å². The van der Waals surface area contributed by atoms with Crippen LogP contribution in [0.4, 0.5) is 0 Å². The number of alkyl halides is 1. The predicted octanol–water partition coefficient (Wildman–Crippen LogP) is 3.57. The molecule has 1 unspecified atom stereocenters. The van der Waals surface area contributed by atoms with Crippen molar-refractivity contribution in [1.29, 1.82) is 0 Å². The Morgan fingerprint density at radius 1 is 1.47 bits per heavy atom. The largest absolute Gasteiger partial charge is 0.312 e. The number of aromatic nitrogens is 3. The Kier molecular flexibility index (Phi) is 3.48. The van der Waals surface area contributed by atoms with Crippen LogP contribution in [0.25, 0.3) is 11.2 Å². The van der Waals surface area contributed by atoms with Gasteiger partial charge in [-0.3, -0.25) is 0 Å². The molecule has 0 spiro atoms. The first-order valence-corrected chi connectivity index (χ1v) is 7.60. The third kappa shape index (κ3) is 2.62. The van der Waals surface area contributed by atoms with Gasteiger partial charge in [0.05, 0.1) is 0 Å². The zero-order valence-electron chi connectivity index (χ0n) is 11.6. The molecule has 0 N–H and O–H groups in total. The molecule has 2 aromatic rings. The highest BCUT2D eigenvalue weighted by Crippen LogP contribution is 2.37. The molecule has 2 aromatic heterocycles. The Labute approximate surface area is 119 Å². The smallest absolute Gasteiger partial charge is 0.160 e. The van der Waals surface area contributed by atoms with Gasteiger partial charge in [-0.25, -0.2) is 9.97 Å². The summed E-state index contributed by atoms with van der Waals surface area (Å²) >= 11 is 5.90. The number of aryl methyl sites for hydroxylation is 2. The van der Waals surface area contributed by atoms with Crippen molar-refractivity contribution in [2.24, 2.45) is 11.8 Å². The van der Waals surface area contributed by atoms with E-state index >= 15 is 0 Å². The first kappa shape index (κ1) is 12.9. The summed E-state index contributed by atoms with van der Waals surface area (Å²) in [6.45, 7) is 5.41. The van der Waals surface area contributed by atoms with Gasteiger partial charge >= 0.3 is 0 Å². The van der Waals surface area contributed by atoms with Crippen molar-refractivity contribution < 1.29 is 0 Å². The second-order valence-corrected chi connectivity index (χ2v) is 6.13. The van der Waals surface area contributed by atoms with Crippen LogP contribution >= 0.6 is 11.6 Å². The molecular weight excluding hydrogens is 258 g/mol. The number of rotatable bonds is 5. The maximum Gasteiger partial charge on any atom is 0.160 e. The Balaban J connectivity index is 1.99. The van der Waals surface area contributed by atoms with E-state index in [2.05, 4.69) is 29.5 Å². The van der Waals surface area contributed by atoms with Crippen molar-refractivity contribution in [2.75, 3.05) is 5.88 Å². The van der Waals surface area contributed by atoms with E-state index in [0.29, 0.717) is 11.8 Å². The molecule has 1 aliphatic carbocycles. The van der Waals surface area contributed by atoms with E-state index < -0.39 is 0 Å². The van der Waals surface area contributed by atoms with E-state index in [1.165, 1.54) is 12.8 Å². The average molecular weight is 278 g/mol. The summed E-state index contributed by atoms with van der Waals surface area (Å²) in [5.74, 6) is 3.29. The quantitative estimate of drug-likeness (QED) is 0.782. The summed E-state index contributed by atoms with van der Waals surface area (Å²) < 4.78 is 2.28. The van der Waals surface area contributed by atoms with Crippen molar-refractivity contribution in [3.63, 3.8) is 0 Å². The highest BCUT2D eigenvalue weighted by molar-refractivity contribution is 6.17. The number of pyridine rings is 1. The molecule has 19 heavy (non-hydrogen) atoms. The van der Waals surface area contributed by atoms with E-state index in [1.807, 2.05) is 6.20 Å². The number of hydrogen-bond acceptors (Lipinski definition) is 2. The Bertz CT molecular complexity index is 586. The van der Waals surface area contributed by atoms with Crippen LogP contribution in [0.5, 0.6) is 0 Å². The van der Waals surface area contributed by atoms with Gasteiger partial charge in [-0.05, 0) is 43.2 Å². The van der Waals surface area contributed by atoms with Crippen molar-refractivity contribution >= 4 is 22.8 Å². The molecule has 102 valence electrons. The highest BCUT2D eigenvalue weighted by atomic mass is 35.5. The van der Waals surface area contributed by atoms with E-state index in [9.17, 15) is 0 Å². The molecule has 0 aromatic carbocycles. The van der Waals surface area contributed by atoms with Gasteiger partial charge in [0.25, 0.3) is 0 Å². The zero-order valence-corrected chi connectivity index (χ0v) is 12.3. The van der Waals surface area contributed by atoms with E-state index in [0.717, 1.165) is 41.4 Å². The second-order valence-electron chi connectivity index (χ2n) is 5.75. The molecule has 3 rings (SSSR count). The Morgan fingerprint density at radius 2 is 2.26 bits per heavy atom. The Morgan fingerprint density at radius 3 is 2.95 bits per heavy atom. The van der Waals surface area contributed by atoms with Crippen LogP contribution in [0.2, 0.25) is 0 Å². The minimum Gasteiger partial charge on any atom is -0.312 e. The third-order valence-electron chi connectivity index (χ3n) is 4.02. The molecule has 1 atom stereocenters. The molecule has 1 fully saturated rings. The molecule has 0 aliphatic heterocycles. The second kappa shape index (κ2) is 5.12. The van der Waals surface area contributed by atoms with Gasteiger partial charge in [0, 0.05) is 25.0 Å². The molecule has 2 heterocycles. The van der Waals surface area contributed by atoms with Crippen molar-refractivity contribution in [3.8, 4) is 0 Å². The summed E-state index contributed by atoms with van der Waals surface area (Å²) in [6.07, 6.45) is 5.50. The van der Waals surface area contributed by atoms with Gasteiger partial charge < -0.3 is 4.57 Å². The molecule has 1 aliphatic rings.